The van der Waals surface area contributed by atoms with Crippen LogP contribution in [0.2, 0.25) is 0 Å². The van der Waals surface area contributed by atoms with Crippen LogP contribution in [0.5, 0.6) is 5.75 Å². The van der Waals surface area contributed by atoms with Crippen molar-refractivity contribution in [1.82, 2.24) is 10.6 Å². The van der Waals surface area contributed by atoms with Crippen LogP contribution in [0.3, 0.4) is 0 Å². The molecule has 154 valence electrons. The number of rotatable bonds is 9. The number of methoxy groups -OCH3 is 1. The lowest BCUT2D eigenvalue weighted by atomic mass is 10.0. The van der Waals surface area contributed by atoms with Crippen molar-refractivity contribution in [3.05, 3.63) is 78.1 Å². The average Bonchev–Trinajstić information content (AvgIpc) is 3.44. The van der Waals surface area contributed by atoms with Crippen LogP contribution < -0.4 is 15.4 Å². The van der Waals surface area contributed by atoms with Crippen molar-refractivity contribution < 1.29 is 18.7 Å². The molecule has 2 heterocycles. The minimum atomic E-state index is -1.16. The number of aliphatic hydroxyl groups is 1. The number of aliphatic imine (C=N–C) groups is 1. The summed E-state index contributed by atoms with van der Waals surface area (Å²) in [4.78, 5) is 4.63. The Morgan fingerprint density at radius 1 is 1.07 bits per heavy atom. The summed E-state index contributed by atoms with van der Waals surface area (Å²) in [7, 11) is 1.64. The predicted octanol–water partition coefficient (Wildman–Crippen LogP) is 3.07. The molecule has 29 heavy (non-hydrogen) atoms. The van der Waals surface area contributed by atoms with Gasteiger partial charge >= 0.3 is 0 Å². The van der Waals surface area contributed by atoms with Gasteiger partial charge in [0.15, 0.2) is 5.96 Å². The van der Waals surface area contributed by atoms with Crippen molar-refractivity contribution in [2.75, 3.05) is 20.2 Å². The Bertz CT molecular complexity index is 869. The molecule has 0 aliphatic carbocycles. The van der Waals surface area contributed by atoms with Gasteiger partial charge in [-0.15, -0.1) is 0 Å². The van der Waals surface area contributed by atoms with Crippen LogP contribution in [0.15, 0.2) is 74.9 Å². The fourth-order valence-corrected chi connectivity index (χ4v) is 2.76. The molecule has 7 heteroatoms. The first kappa shape index (κ1) is 20.5. The lowest BCUT2D eigenvalue weighted by Gasteiger charge is -2.23. The number of hydrogen-bond donors (Lipinski definition) is 3. The Labute approximate surface area is 170 Å². The highest BCUT2D eigenvalue weighted by Gasteiger charge is 2.26. The van der Waals surface area contributed by atoms with Crippen molar-refractivity contribution in [3.63, 3.8) is 0 Å². The molecule has 0 radical (unpaired) electrons. The van der Waals surface area contributed by atoms with Crippen molar-refractivity contribution in [1.29, 1.82) is 0 Å². The second-order valence-corrected chi connectivity index (χ2v) is 6.87. The molecule has 3 N–H and O–H groups in total. The minimum Gasteiger partial charge on any atom is -0.497 e. The van der Waals surface area contributed by atoms with E-state index in [-0.39, 0.29) is 6.54 Å². The van der Waals surface area contributed by atoms with Gasteiger partial charge in [-0.05, 0) is 48.9 Å². The fourth-order valence-electron chi connectivity index (χ4n) is 2.76. The van der Waals surface area contributed by atoms with Gasteiger partial charge in [0.05, 0.1) is 32.7 Å². The molecule has 0 aliphatic rings. The number of benzene rings is 1. The van der Waals surface area contributed by atoms with Crippen LogP contribution in [0.4, 0.5) is 0 Å². The number of furan rings is 2. The topological polar surface area (TPSA) is 92.2 Å². The molecule has 1 atom stereocenters. The van der Waals surface area contributed by atoms with E-state index in [1.807, 2.05) is 36.4 Å². The van der Waals surface area contributed by atoms with Gasteiger partial charge in [0.2, 0.25) is 0 Å². The molecule has 3 aromatic rings. The van der Waals surface area contributed by atoms with Gasteiger partial charge in [-0.3, -0.25) is 0 Å². The van der Waals surface area contributed by atoms with Crippen molar-refractivity contribution in [2.24, 2.45) is 4.99 Å². The normalized spacial score (nSPS) is 13.7. The Morgan fingerprint density at radius 3 is 2.48 bits per heavy atom. The molecule has 0 spiro atoms. The molecule has 2 aromatic heterocycles. The maximum atomic E-state index is 10.7. The monoisotopic (exact) mass is 397 g/mol. The first-order chi connectivity index (χ1) is 14.1. The van der Waals surface area contributed by atoms with Crippen LogP contribution in [0, 0.1) is 0 Å². The van der Waals surface area contributed by atoms with Gasteiger partial charge in [-0.2, -0.15) is 0 Å². The highest BCUT2D eigenvalue weighted by atomic mass is 16.5. The van der Waals surface area contributed by atoms with Gasteiger partial charge in [-0.1, -0.05) is 12.1 Å². The summed E-state index contributed by atoms with van der Waals surface area (Å²) in [6.07, 6.45) is 3.93. The van der Waals surface area contributed by atoms with Crippen LogP contribution >= 0.6 is 0 Å². The summed E-state index contributed by atoms with van der Waals surface area (Å²) < 4.78 is 15.9. The van der Waals surface area contributed by atoms with E-state index in [4.69, 9.17) is 13.6 Å². The Morgan fingerprint density at radius 2 is 1.83 bits per heavy atom. The van der Waals surface area contributed by atoms with Gasteiger partial charge in [0, 0.05) is 13.0 Å². The van der Waals surface area contributed by atoms with E-state index < -0.39 is 5.60 Å². The molecule has 0 aliphatic heterocycles. The van der Waals surface area contributed by atoms with E-state index in [9.17, 15) is 5.11 Å². The third-order valence-corrected chi connectivity index (χ3v) is 4.47. The maximum Gasteiger partial charge on any atom is 0.191 e. The Hall–Kier alpha value is -3.19. The van der Waals surface area contributed by atoms with Crippen LogP contribution in [0.25, 0.3) is 0 Å². The molecule has 0 saturated heterocycles. The predicted molar refractivity (Wildman–Crippen MR) is 111 cm³/mol. The van der Waals surface area contributed by atoms with Gasteiger partial charge in [0.1, 0.15) is 22.9 Å². The number of ether oxygens (including phenoxy) is 1. The molecule has 7 nitrogen and oxygen atoms in total. The van der Waals surface area contributed by atoms with Gasteiger partial charge in [0.25, 0.3) is 0 Å². The molecular weight excluding hydrogens is 370 g/mol. The SMILES string of the molecule is COc1ccc(CN=C(NCCc2ccco2)NCC(C)(O)c2ccco2)cc1. The summed E-state index contributed by atoms with van der Waals surface area (Å²) in [6.45, 7) is 3.08. The standard InChI is InChI=1S/C22H27N3O4/c1-22(26,20-6-4-14-29-20)16-25-21(23-12-11-19-5-3-13-28-19)24-15-17-7-9-18(27-2)10-8-17/h3-10,13-14,26H,11-12,15-16H2,1-2H3,(H2,23,24,25). The molecule has 3 rings (SSSR count). The Kier molecular flexibility index (Phi) is 6.97. The molecule has 0 fully saturated rings. The smallest absolute Gasteiger partial charge is 0.191 e. The van der Waals surface area contributed by atoms with E-state index in [2.05, 4.69) is 15.6 Å². The van der Waals surface area contributed by atoms with Crippen molar-refractivity contribution in [2.45, 2.75) is 25.5 Å². The number of nitrogens with one attached hydrogen (secondary N) is 2. The van der Waals surface area contributed by atoms with Crippen molar-refractivity contribution in [3.8, 4) is 5.75 Å². The largest absolute Gasteiger partial charge is 0.497 e. The van der Waals surface area contributed by atoms with E-state index in [0.29, 0.717) is 24.8 Å². The molecule has 1 unspecified atom stereocenters. The first-order valence-corrected chi connectivity index (χ1v) is 9.51. The lowest BCUT2D eigenvalue weighted by molar-refractivity contribution is 0.0386. The molecule has 0 bridgehead atoms. The van der Waals surface area contributed by atoms with Gasteiger partial charge < -0.3 is 29.3 Å². The minimum absolute atomic E-state index is 0.246. The van der Waals surface area contributed by atoms with Crippen LogP contribution in [0.1, 0.15) is 24.0 Å². The third kappa shape index (κ3) is 6.15. The zero-order valence-electron chi connectivity index (χ0n) is 16.7. The molecular formula is C22H27N3O4. The second-order valence-electron chi connectivity index (χ2n) is 6.87. The zero-order valence-corrected chi connectivity index (χ0v) is 16.7. The number of guanidine groups is 1. The summed E-state index contributed by atoms with van der Waals surface area (Å²) in [5.41, 5.74) is -0.108. The van der Waals surface area contributed by atoms with Crippen LogP contribution in [-0.2, 0) is 18.6 Å². The van der Waals surface area contributed by atoms with Gasteiger partial charge in [-0.25, -0.2) is 4.99 Å². The summed E-state index contributed by atoms with van der Waals surface area (Å²) in [6, 6.07) is 15.1. The maximum absolute atomic E-state index is 10.7. The zero-order chi connectivity index (χ0) is 20.5. The average molecular weight is 397 g/mol. The molecule has 0 amide bonds. The summed E-state index contributed by atoms with van der Waals surface area (Å²) in [5, 5.41) is 17.2. The van der Waals surface area contributed by atoms with E-state index in [0.717, 1.165) is 23.5 Å². The molecule has 1 aromatic carbocycles. The van der Waals surface area contributed by atoms with E-state index in [1.54, 1.807) is 38.7 Å². The first-order valence-electron chi connectivity index (χ1n) is 9.51. The summed E-state index contributed by atoms with van der Waals surface area (Å²) in [5.74, 6) is 2.80. The van der Waals surface area contributed by atoms with Crippen molar-refractivity contribution >= 4 is 5.96 Å². The van der Waals surface area contributed by atoms with Crippen LogP contribution in [-0.4, -0.2) is 31.3 Å². The lowest BCUT2D eigenvalue weighted by Crippen LogP contribution is -2.45. The van der Waals surface area contributed by atoms with E-state index >= 15 is 0 Å². The third-order valence-electron chi connectivity index (χ3n) is 4.47. The van der Waals surface area contributed by atoms with E-state index in [1.165, 1.54) is 0 Å². The fraction of sp³-hybridized carbons (Fsp3) is 0.318. The molecule has 0 saturated carbocycles. The quantitative estimate of drug-likeness (QED) is 0.380. The second kappa shape index (κ2) is 9.84. The number of nitrogens with zero attached hydrogens (tertiary/aromatic N) is 1. The Balaban J connectivity index is 1.62. The summed E-state index contributed by atoms with van der Waals surface area (Å²) >= 11 is 0. The number of hydrogen-bond acceptors (Lipinski definition) is 5. The highest BCUT2D eigenvalue weighted by Crippen LogP contribution is 2.19. The highest BCUT2D eigenvalue weighted by molar-refractivity contribution is 5.79.